The number of H-pyrrole nitrogens is 1. The van der Waals surface area contributed by atoms with Crippen LogP contribution < -0.4 is 0 Å². The molecule has 5 heteroatoms. The molecule has 0 saturated heterocycles. The highest BCUT2D eigenvalue weighted by Crippen LogP contribution is 2.18. The summed E-state index contributed by atoms with van der Waals surface area (Å²) in [7, 11) is 0. The number of carbonyl (C=O) groups excluding carboxylic acids is 1. The van der Waals surface area contributed by atoms with Gasteiger partial charge in [-0.1, -0.05) is 0 Å². The Kier molecular flexibility index (Phi) is 3.39. The quantitative estimate of drug-likeness (QED) is 0.658. The van der Waals surface area contributed by atoms with Crippen LogP contribution in [0, 0.1) is 11.3 Å². The zero-order valence-electron chi connectivity index (χ0n) is 9.80. The van der Waals surface area contributed by atoms with Crippen molar-refractivity contribution >= 4 is 22.9 Å². The van der Waals surface area contributed by atoms with E-state index < -0.39 is 5.97 Å². The molecule has 0 amide bonds. The van der Waals surface area contributed by atoms with E-state index in [-0.39, 0.29) is 0 Å². The van der Waals surface area contributed by atoms with Crippen molar-refractivity contribution in [3.8, 4) is 6.07 Å². The molecule has 0 unspecified atom stereocenters. The second-order valence-corrected chi connectivity index (χ2v) is 3.57. The van der Waals surface area contributed by atoms with Gasteiger partial charge in [0, 0.05) is 11.5 Å². The highest BCUT2D eigenvalue weighted by atomic mass is 16.5. The maximum atomic E-state index is 11.2. The van der Waals surface area contributed by atoms with Crippen LogP contribution in [0.3, 0.4) is 0 Å². The van der Waals surface area contributed by atoms with E-state index >= 15 is 0 Å². The van der Waals surface area contributed by atoms with Crippen molar-refractivity contribution in [1.82, 2.24) is 10.2 Å². The number of esters is 1. The van der Waals surface area contributed by atoms with Gasteiger partial charge in [0.15, 0.2) is 0 Å². The molecule has 0 radical (unpaired) electrons. The third-order valence-corrected chi connectivity index (χ3v) is 2.39. The molecular weight excluding hydrogens is 230 g/mol. The molecule has 90 valence electrons. The predicted molar refractivity (Wildman–Crippen MR) is 66.5 cm³/mol. The van der Waals surface area contributed by atoms with Gasteiger partial charge in [0.05, 0.1) is 29.5 Å². The Morgan fingerprint density at radius 2 is 2.44 bits per heavy atom. The van der Waals surface area contributed by atoms with Gasteiger partial charge in [-0.05, 0) is 31.2 Å². The maximum Gasteiger partial charge on any atom is 0.330 e. The van der Waals surface area contributed by atoms with Gasteiger partial charge in [-0.15, -0.1) is 0 Å². The minimum absolute atomic E-state index is 0.343. The minimum Gasteiger partial charge on any atom is -0.463 e. The van der Waals surface area contributed by atoms with Crippen molar-refractivity contribution in [3.05, 3.63) is 35.5 Å². The molecule has 2 aromatic rings. The van der Waals surface area contributed by atoms with Crippen LogP contribution in [0.15, 0.2) is 24.3 Å². The van der Waals surface area contributed by atoms with Gasteiger partial charge in [0.25, 0.3) is 0 Å². The van der Waals surface area contributed by atoms with Gasteiger partial charge in [-0.25, -0.2) is 4.79 Å². The van der Waals surface area contributed by atoms with E-state index in [1.807, 2.05) is 0 Å². The van der Waals surface area contributed by atoms with E-state index in [9.17, 15) is 4.79 Å². The largest absolute Gasteiger partial charge is 0.463 e. The first-order valence-corrected chi connectivity index (χ1v) is 5.47. The van der Waals surface area contributed by atoms with E-state index in [2.05, 4.69) is 16.3 Å². The number of ether oxygens (including phenoxy) is 1. The Morgan fingerprint density at radius 1 is 1.61 bits per heavy atom. The number of nitrogens with one attached hydrogen (secondary N) is 1. The van der Waals surface area contributed by atoms with Crippen LogP contribution in [0.1, 0.15) is 18.2 Å². The zero-order valence-corrected chi connectivity index (χ0v) is 9.80. The number of aromatic amines is 1. The summed E-state index contributed by atoms with van der Waals surface area (Å²) in [5, 5.41) is 16.5. The first-order valence-electron chi connectivity index (χ1n) is 5.47. The van der Waals surface area contributed by atoms with Crippen LogP contribution in [-0.2, 0) is 9.53 Å². The van der Waals surface area contributed by atoms with Crippen molar-refractivity contribution in [2.45, 2.75) is 6.92 Å². The lowest BCUT2D eigenvalue weighted by Gasteiger charge is -1.94. The highest BCUT2D eigenvalue weighted by Gasteiger charge is 2.04. The van der Waals surface area contributed by atoms with Crippen molar-refractivity contribution < 1.29 is 9.53 Å². The molecule has 0 aliphatic heterocycles. The topological polar surface area (TPSA) is 78.8 Å². The summed E-state index contributed by atoms with van der Waals surface area (Å²) in [6, 6.07) is 7.27. The smallest absolute Gasteiger partial charge is 0.330 e. The predicted octanol–water partition coefficient (Wildman–Crippen LogP) is 2.01. The van der Waals surface area contributed by atoms with Gasteiger partial charge in [-0.2, -0.15) is 10.4 Å². The van der Waals surface area contributed by atoms with Crippen molar-refractivity contribution in [2.24, 2.45) is 0 Å². The van der Waals surface area contributed by atoms with E-state index in [4.69, 9.17) is 10.00 Å². The number of fused-ring (bicyclic) bond motifs is 1. The van der Waals surface area contributed by atoms with Gasteiger partial charge in [0.1, 0.15) is 0 Å². The fourth-order valence-corrected chi connectivity index (χ4v) is 1.57. The second kappa shape index (κ2) is 5.15. The molecule has 1 aromatic heterocycles. The molecule has 5 nitrogen and oxygen atoms in total. The van der Waals surface area contributed by atoms with Crippen LogP contribution in [0.5, 0.6) is 0 Å². The summed E-state index contributed by atoms with van der Waals surface area (Å²) in [5.41, 5.74) is 1.96. The van der Waals surface area contributed by atoms with Crippen LogP contribution >= 0.6 is 0 Å². The van der Waals surface area contributed by atoms with Crippen LogP contribution in [0.2, 0.25) is 0 Å². The van der Waals surface area contributed by atoms with Crippen molar-refractivity contribution in [3.63, 3.8) is 0 Å². The standard InChI is InChI=1S/C13H11N3O2/c1-2-18-13(17)6-5-11-10-4-3-9(8-14)7-12(10)16-15-11/h3-7H,2H2,1H3,(H,15,16)/b6-5+. The summed E-state index contributed by atoms with van der Waals surface area (Å²) < 4.78 is 4.78. The molecule has 0 spiro atoms. The average Bonchev–Trinajstić information content (AvgIpc) is 2.78. The van der Waals surface area contributed by atoms with Gasteiger partial charge in [0.2, 0.25) is 0 Å². The van der Waals surface area contributed by atoms with Gasteiger partial charge in [-0.3, -0.25) is 5.10 Å². The van der Waals surface area contributed by atoms with E-state index in [0.29, 0.717) is 17.9 Å². The molecule has 1 N–H and O–H groups in total. The number of aromatic nitrogens is 2. The lowest BCUT2D eigenvalue weighted by atomic mass is 10.1. The maximum absolute atomic E-state index is 11.2. The Hall–Kier alpha value is -2.61. The Morgan fingerprint density at radius 3 is 3.17 bits per heavy atom. The lowest BCUT2D eigenvalue weighted by molar-refractivity contribution is -0.137. The summed E-state index contributed by atoms with van der Waals surface area (Å²) >= 11 is 0. The first kappa shape index (κ1) is 11.9. The molecule has 0 bridgehead atoms. The fourth-order valence-electron chi connectivity index (χ4n) is 1.57. The minimum atomic E-state index is -0.401. The van der Waals surface area contributed by atoms with Crippen molar-refractivity contribution in [2.75, 3.05) is 6.61 Å². The second-order valence-electron chi connectivity index (χ2n) is 3.57. The summed E-state index contributed by atoms with van der Waals surface area (Å²) in [6.07, 6.45) is 2.92. The molecule has 0 aliphatic carbocycles. The Labute approximate surface area is 104 Å². The highest BCUT2D eigenvalue weighted by molar-refractivity contribution is 5.92. The molecule has 0 saturated carbocycles. The number of benzene rings is 1. The van der Waals surface area contributed by atoms with Gasteiger partial charge >= 0.3 is 5.97 Å². The molecule has 18 heavy (non-hydrogen) atoms. The van der Waals surface area contributed by atoms with Crippen molar-refractivity contribution in [1.29, 1.82) is 5.26 Å². The Bertz CT molecular complexity index is 650. The van der Waals surface area contributed by atoms with Gasteiger partial charge < -0.3 is 4.74 Å². The summed E-state index contributed by atoms with van der Waals surface area (Å²) in [4.78, 5) is 11.2. The number of nitriles is 1. The third kappa shape index (κ3) is 2.38. The number of nitrogens with zero attached hydrogens (tertiary/aromatic N) is 2. The molecule has 2 rings (SSSR count). The van der Waals surface area contributed by atoms with Crippen LogP contribution in [0.4, 0.5) is 0 Å². The molecule has 1 heterocycles. The first-order chi connectivity index (χ1) is 8.74. The fraction of sp³-hybridized carbons (Fsp3) is 0.154. The zero-order chi connectivity index (χ0) is 13.0. The summed E-state index contributed by atoms with van der Waals surface area (Å²) in [5.74, 6) is -0.401. The molecule has 0 fully saturated rings. The lowest BCUT2D eigenvalue weighted by Crippen LogP contribution is -1.98. The number of carbonyl (C=O) groups is 1. The number of hydrogen-bond donors (Lipinski definition) is 1. The van der Waals surface area contributed by atoms with E-state index in [0.717, 1.165) is 10.9 Å². The SMILES string of the molecule is CCOC(=O)/C=C/c1n[nH]c2cc(C#N)ccc12. The van der Waals surface area contributed by atoms with Crippen LogP contribution in [0.25, 0.3) is 17.0 Å². The Balaban J connectivity index is 2.30. The molecule has 0 atom stereocenters. The number of hydrogen-bond acceptors (Lipinski definition) is 4. The number of rotatable bonds is 3. The third-order valence-electron chi connectivity index (χ3n) is 2.39. The van der Waals surface area contributed by atoms with E-state index in [1.165, 1.54) is 6.08 Å². The molecular formula is C13H11N3O2. The average molecular weight is 241 g/mol. The monoisotopic (exact) mass is 241 g/mol. The van der Waals surface area contributed by atoms with E-state index in [1.54, 1.807) is 31.2 Å². The summed E-state index contributed by atoms with van der Waals surface area (Å²) in [6.45, 7) is 2.09. The molecule has 1 aromatic carbocycles. The van der Waals surface area contributed by atoms with Crippen LogP contribution in [-0.4, -0.2) is 22.8 Å². The normalized spacial score (nSPS) is 10.7. The molecule has 0 aliphatic rings.